The predicted molar refractivity (Wildman–Crippen MR) is 89.4 cm³/mol. The van der Waals surface area contributed by atoms with Gasteiger partial charge in [0.2, 0.25) is 5.91 Å². The van der Waals surface area contributed by atoms with Gasteiger partial charge in [-0.15, -0.1) is 0 Å². The van der Waals surface area contributed by atoms with Gasteiger partial charge in [0, 0.05) is 16.2 Å². The molecule has 0 fully saturated rings. The van der Waals surface area contributed by atoms with Crippen LogP contribution in [0.4, 0.5) is 5.69 Å². The Hall–Kier alpha value is -2.07. The summed E-state index contributed by atoms with van der Waals surface area (Å²) in [6, 6.07) is 15.0. The summed E-state index contributed by atoms with van der Waals surface area (Å²) in [6.07, 6.45) is 3.29. The number of carbonyl (C=O) groups is 1. The fourth-order valence-corrected chi connectivity index (χ4v) is 2.00. The quantitative estimate of drug-likeness (QED) is 0.810. The second-order valence-electron chi connectivity index (χ2n) is 4.33. The van der Waals surface area contributed by atoms with Crippen molar-refractivity contribution >= 4 is 33.6 Å². The Morgan fingerprint density at radius 2 is 1.81 bits per heavy atom. The number of rotatable bonds is 5. The third-order valence-electron chi connectivity index (χ3n) is 2.73. The molecular formula is C17H16BrNO2. The van der Waals surface area contributed by atoms with E-state index in [0.29, 0.717) is 6.61 Å². The molecule has 0 saturated carbocycles. The van der Waals surface area contributed by atoms with Crippen molar-refractivity contribution in [3.8, 4) is 5.75 Å². The van der Waals surface area contributed by atoms with E-state index in [4.69, 9.17) is 4.74 Å². The Bertz CT molecular complexity index is 618. The zero-order valence-corrected chi connectivity index (χ0v) is 13.3. The number of hydrogen-bond acceptors (Lipinski definition) is 2. The summed E-state index contributed by atoms with van der Waals surface area (Å²) in [4.78, 5) is 11.8. The number of amides is 1. The van der Waals surface area contributed by atoms with Crippen molar-refractivity contribution in [1.29, 1.82) is 0 Å². The number of ether oxygens (including phenoxy) is 1. The van der Waals surface area contributed by atoms with Crippen LogP contribution >= 0.6 is 15.9 Å². The average Bonchev–Trinajstić information content (AvgIpc) is 2.49. The van der Waals surface area contributed by atoms with Gasteiger partial charge in [0.25, 0.3) is 0 Å². The smallest absolute Gasteiger partial charge is 0.248 e. The highest BCUT2D eigenvalue weighted by molar-refractivity contribution is 9.10. The highest BCUT2D eigenvalue weighted by Crippen LogP contribution is 2.16. The van der Waals surface area contributed by atoms with Crippen LogP contribution in [0.15, 0.2) is 59.1 Å². The van der Waals surface area contributed by atoms with E-state index in [2.05, 4.69) is 21.2 Å². The molecule has 0 unspecified atom stereocenters. The van der Waals surface area contributed by atoms with Gasteiger partial charge in [-0.25, -0.2) is 0 Å². The molecular weight excluding hydrogens is 330 g/mol. The standard InChI is InChI=1S/C17H16BrNO2/c1-2-21-16-10-8-15(9-11-16)19-17(20)12-5-13-3-6-14(18)7-4-13/h3-12H,2H2,1H3,(H,19,20)/b12-5+. The third kappa shape index (κ3) is 5.08. The first-order valence-corrected chi connectivity index (χ1v) is 7.44. The first-order valence-electron chi connectivity index (χ1n) is 6.65. The minimum Gasteiger partial charge on any atom is -0.494 e. The number of anilines is 1. The predicted octanol–water partition coefficient (Wildman–Crippen LogP) is 4.50. The first kappa shape index (κ1) is 15.3. The molecule has 4 heteroatoms. The van der Waals surface area contributed by atoms with Crippen LogP contribution in [-0.2, 0) is 4.79 Å². The average molecular weight is 346 g/mol. The largest absolute Gasteiger partial charge is 0.494 e. The van der Waals surface area contributed by atoms with Gasteiger partial charge in [0.1, 0.15) is 5.75 Å². The summed E-state index contributed by atoms with van der Waals surface area (Å²) >= 11 is 3.37. The van der Waals surface area contributed by atoms with Gasteiger partial charge in [-0.3, -0.25) is 4.79 Å². The van der Waals surface area contributed by atoms with Gasteiger partial charge in [0.15, 0.2) is 0 Å². The number of halogens is 1. The molecule has 0 aliphatic heterocycles. The van der Waals surface area contributed by atoms with Gasteiger partial charge in [0.05, 0.1) is 6.61 Å². The van der Waals surface area contributed by atoms with Crippen molar-refractivity contribution < 1.29 is 9.53 Å². The van der Waals surface area contributed by atoms with Crippen LogP contribution in [0.2, 0.25) is 0 Å². The molecule has 0 aliphatic rings. The molecule has 0 spiro atoms. The molecule has 0 saturated heterocycles. The molecule has 2 rings (SSSR count). The number of hydrogen-bond donors (Lipinski definition) is 1. The summed E-state index contributed by atoms with van der Waals surface area (Å²) in [7, 11) is 0. The molecule has 0 bridgehead atoms. The Labute approximate surface area is 132 Å². The molecule has 0 heterocycles. The maximum atomic E-state index is 11.8. The highest BCUT2D eigenvalue weighted by Gasteiger charge is 1.99. The lowest BCUT2D eigenvalue weighted by atomic mass is 10.2. The topological polar surface area (TPSA) is 38.3 Å². The molecule has 108 valence electrons. The second-order valence-corrected chi connectivity index (χ2v) is 5.25. The van der Waals surface area contributed by atoms with Crippen molar-refractivity contribution in [3.63, 3.8) is 0 Å². The van der Waals surface area contributed by atoms with Gasteiger partial charge in [-0.1, -0.05) is 28.1 Å². The molecule has 2 aromatic carbocycles. The van der Waals surface area contributed by atoms with E-state index in [1.165, 1.54) is 6.08 Å². The van der Waals surface area contributed by atoms with Gasteiger partial charge >= 0.3 is 0 Å². The van der Waals surface area contributed by atoms with Crippen LogP contribution in [-0.4, -0.2) is 12.5 Å². The number of carbonyl (C=O) groups excluding carboxylic acids is 1. The minimum absolute atomic E-state index is 0.165. The Morgan fingerprint density at radius 3 is 2.43 bits per heavy atom. The molecule has 0 radical (unpaired) electrons. The van der Waals surface area contributed by atoms with E-state index < -0.39 is 0 Å². The maximum Gasteiger partial charge on any atom is 0.248 e. The normalized spacial score (nSPS) is 10.6. The van der Waals surface area contributed by atoms with Gasteiger partial charge < -0.3 is 10.1 Å². The molecule has 21 heavy (non-hydrogen) atoms. The van der Waals surface area contributed by atoms with Crippen molar-refractivity contribution in [2.75, 3.05) is 11.9 Å². The fourth-order valence-electron chi connectivity index (χ4n) is 1.73. The molecule has 1 N–H and O–H groups in total. The van der Waals surface area contributed by atoms with Gasteiger partial charge in [-0.05, 0) is 55.0 Å². The first-order chi connectivity index (χ1) is 10.2. The number of benzene rings is 2. The van der Waals surface area contributed by atoms with Crippen molar-refractivity contribution in [2.24, 2.45) is 0 Å². The van der Waals surface area contributed by atoms with E-state index in [1.54, 1.807) is 6.08 Å². The summed E-state index contributed by atoms with van der Waals surface area (Å²) in [5, 5.41) is 2.80. The maximum absolute atomic E-state index is 11.8. The highest BCUT2D eigenvalue weighted by atomic mass is 79.9. The van der Waals surface area contributed by atoms with E-state index in [9.17, 15) is 4.79 Å². The molecule has 0 atom stereocenters. The fraction of sp³-hybridized carbons (Fsp3) is 0.118. The molecule has 0 aromatic heterocycles. The van der Waals surface area contributed by atoms with Crippen molar-refractivity contribution in [2.45, 2.75) is 6.92 Å². The van der Waals surface area contributed by atoms with Crippen LogP contribution in [0.5, 0.6) is 5.75 Å². The zero-order valence-electron chi connectivity index (χ0n) is 11.7. The monoisotopic (exact) mass is 345 g/mol. The lowest BCUT2D eigenvalue weighted by molar-refractivity contribution is -0.111. The van der Waals surface area contributed by atoms with E-state index in [-0.39, 0.29) is 5.91 Å². The van der Waals surface area contributed by atoms with Crippen LogP contribution in [0, 0.1) is 0 Å². The van der Waals surface area contributed by atoms with E-state index in [0.717, 1.165) is 21.5 Å². The second kappa shape index (κ2) is 7.64. The zero-order chi connectivity index (χ0) is 15.1. The number of nitrogens with one attached hydrogen (secondary N) is 1. The van der Waals surface area contributed by atoms with E-state index >= 15 is 0 Å². The molecule has 3 nitrogen and oxygen atoms in total. The SMILES string of the molecule is CCOc1ccc(NC(=O)/C=C/c2ccc(Br)cc2)cc1. The van der Waals surface area contributed by atoms with E-state index in [1.807, 2.05) is 55.5 Å². The molecule has 1 amide bonds. The summed E-state index contributed by atoms with van der Waals surface area (Å²) in [5.41, 5.74) is 1.71. The van der Waals surface area contributed by atoms with Crippen molar-refractivity contribution in [1.82, 2.24) is 0 Å². The lowest BCUT2D eigenvalue weighted by Gasteiger charge is -2.05. The lowest BCUT2D eigenvalue weighted by Crippen LogP contribution is -2.07. The van der Waals surface area contributed by atoms with Gasteiger partial charge in [-0.2, -0.15) is 0 Å². The minimum atomic E-state index is -0.165. The summed E-state index contributed by atoms with van der Waals surface area (Å²) in [6.45, 7) is 2.56. The van der Waals surface area contributed by atoms with Crippen molar-refractivity contribution in [3.05, 3.63) is 64.6 Å². The summed E-state index contributed by atoms with van der Waals surface area (Å²) < 4.78 is 6.36. The van der Waals surface area contributed by atoms with Crippen LogP contribution < -0.4 is 10.1 Å². The molecule has 2 aromatic rings. The Balaban J connectivity index is 1.93. The van der Waals surface area contributed by atoms with Crippen LogP contribution in [0.3, 0.4) is 0 Å². The Kier molecular flexibility index (Phi) is 5.58. The summed E-state index contributed by atoms with van der Waals surface area (Å²) in [5.74, 6) is 0.628. The third-order valence-corrected chi connectivity index (χ3v) is 3.26. The van der Waals surface area contributed by atoms with Crippen LogP contribution in [0.1, 0.15) is 12.5 Å². The Morgan fingerprint density at radius 1 is 1.14 bits per heavy atom. The van der Waals surface area contributed by atoms with Crippen LogP contribution in [0.25, 0.3) is 6.08 Å². The molecule has 0 aliphatic carbocycles.